The molecule has 2 N–H and O–H groups in total. The highest BCUT2D eigenvalue weighted by molar-refractivity contribution is 5.98. The van der Waals surface area contributed by atoms with Gasteiger partial charge in [-0.3, -0.25) is 29.7 Å². The van der Waals surface area contributed by atoms with E-state index in [2.05, 4.69) is 4.98 Å². The quantitative estimate of drug-likeness (QED) is 0.470. The second kappa shape index (κ2) is 6.50. The maximum Gasteiger partial charge on any atom is 0.279 e. The molecule has 0 aliphatic carbocycles. The Bertz CT molecular complexity index is 848. The van der Waals surface area contributed by atoms with Gasteiger partial charge in [0.05, 0.1) is 22.6 Å². The molecule has 0 radical (unpaired) electrons. The normalized spacial score (nSPS) is 13.9. The number of allylic oxidation sites excluding steroid dienone is 1. The number of nitrogens with zero attached hydrogens (tertiary/aromatic N) is 3. The molecule has 0 spiro atoms. The van der Waals surface area contributed by atoms with E-state index < -0.39 is 4.92 Å². The largest absolute Gasteiger partial charge is 0.412 e. The van der Waals surface area contributed by atoms with Gasteiger partial charge in [0.25, 0.3) is 5.69 Å². The number of carbonyl (C=O) groups excluding carboxylic acids is 1. The van der Waals surface area contributed by atoms with Gasteiger partial charge in [-0.25, -0.2) is 0 Å². The number of nitro groups is 1. The summed E-state index contributed by atoms with van der Waals surface area (Å²) >= 11 is 0. The van der Waals surface area contributed by atoms with Crippen LogP contribution >= 0.6 is 0 Å². The third-order valence-corrected chi connectivity index (χ3v) is 3.66. The molecule has 3 rings (SSSR count). The number of hydrogen-bond acceptors (Lipinski definition) is 7. The average molecular weight is 333 g/mol. The summed E-state index contributed by atoms with van der Waals surface area (Å²) in [5, 5.41) is 11.4. The minimum atomic E-state index is -0.489. The van der Waals surface area contributed by atoms with E-state index in [1.165, 1.54) is 18.3 Å². The Morgan fingerprint density at radius 3 is 2.67 bits per heavy atom. The summed E-state index contributed by atoms with van der Waals surface area (Å²) in [5.41, 5.74) is 0.875. The molecule has 24 heavy (non-hydrogen) atoms. The van der Waals surface area contributed by atoms with Crippen LogP contribution in [0.25, 0.3) is 10.9 Å². The summed E-state index contributed by atoms with van der Waals surface area (Å²) in [6.45, 7) is 1.97. The van der Waals surface area contributed by atoms with Gasteiger partial charge in [-0.15, -0.1) is 0 Å². The van der Waals surface area contributed by atoms with Crippen molar-refractivity contribution in [1.29, 1.82) is 0 Å². The number of non-ortho nitro benzene ring substituents is 1. The van der Waals surface area contributed by atoms with Crippen molar-refractivity contribution in [3.63, 3.8) is 0 Å². The third kappa shape index (κ3) is 2.84. The Kier molecular flexibility index (Phi) is 4.65. The number of fused-ring (bicyclic) bond motifs is 1. The van der Waals surface area contributed by atoms with Crippen LogP contribution in [0.2, 0.25) is 0 Å². The minimum absolute atomic E-state index is 0. The molecule has 1 aromatic carbocycles. The fourth-order valence-corrected chi connectivity index (χ4v) is 2.33. The maximum absolute atomic E-state index is 11.8. The Labute approximate surface area is 136 Å². The van der Waals surface area contributed by atoms with Crippen molar-refractivity contribution in [2.24, 2.45) is 0 Å². The number of rotatable bonds is 4. The molecule has 1 aliphatic heterocycles. The van der Waals surface area contributed by atoms with Gasteiger partial charge < -0.3 is 10.4 Å². The number of likely N-dealkylation sites (N-methyl/N-ethyl adjacent to an activating group) is 1. The maximum atomic E-state index is 11.8. The highest BCUT2D eigenvalue weighted by atomic mass is 17.2. The van der Waals surface area contributed by atoms with Crippen LogP contribution in [0.3, 0.4) is 0 Å². The van der Waals surface area contributed by atoms with Crippen LogP contribution in [0.5, 0.6) is 5.75 Å². The lowest BCUT2D eigenvalue weighted by molar-refractivity contribution is -0.383. The molecule has 0 amide bonds. The number of hydrogen-bond donors (Lipinski definition) is 0. The zero-order valence-electron chi connectivity index (χ0n) is 13.0. The Morgan fingerprint density at radius 1 is 1.29 bits per heavy atom. The van der Waals surface area contributed by atoms with Crippen molar-refractivity contribution < 1.29 is 25.0 Å². The zero-order chi connectivity index (χ0) is 16.6. The van der Waals surface area contributed by atoms with E-state index >= 15 is 0 Å². The lowest BCUT2D eigenvalue weighted by Gasteiger charge is -2.10. The fourth-order valence-electron chi connectivity index (χ4n) is 2.33. The van der Waals surface area contributed by atoms with Crippen molar-refractivity contribution in [1.82, 2.24) is 9.88 Å². The first-order valence-electron chi connectivity index (χ1n) is 6.81. The molecule has 9 heteroatoms. The first kappa shape index (κ1) is 17.2. The number of aromatic nitrogens is 1. The van der Waals surface area contributed by atoms with Crippen molar-refractivity contribution in [2.45, 2.75) is 6.92 Å². The summed E-state index contributed by atoms with van der Waals surface area (Å²) in [7, 11) is 1.77. The Morgan fingerprint density at radius 2 is 2.04 bits per heavy atom. The summed E-state index contributed by atoms with van der Waals surface area (Å²) < 4.78 is 0. The number of pyridine rings is 1. The molecule has 0 saturated heterocycles. The molecule has 9 nitrogen and oxygen atoms in total. The summed E-state index contributed by atoms with van der Waals surface area (Å²) in [6.07, 6.45) is 1.50. The van der Waals surface area contributed by atoms with Crippen LogP contribution < -0.4 is 4.89 Å². The van der Waals surface area contributed by atoms with Crippen molar-refractivity contribution in [3.8, 4) is 5.75 Å². The topological polar surface area (TPSA) is 126 Å². The molecule has 1 aromatic heterocycles. The molecule has 126 valence electrons. The van der Waals surface area contributed by atoms with Crippen LogP contribution in [0, 0.1) is 10.1 Å². The van der Waals surface area contributed by atoms with Gasteiger partial charge in [-0.2, -0.15) is 0 Å². The van der Waals surface area contributed by atoms with Crippen molar-refractivity contribution in [3.05, 3.63) is 52.0 Å². The van der Waals surface area contributed by atoms with Gasteiger partial charge in [0.15, 0.2) is 0 Å². The molecular formula is C15H15N3O6. The Balaban J connectivity index is 0.00000208. The number of nitro benzene ring substituents is 1. The highest BCUT2D eigenvalue weighted by Crippen LogP contribution is 2.32. The van der Waals surface area contributed by atoms with E-state index in [1.54, 1.807) is 31.0 Å². The standard InChI is InChI=1S/C15H13N3O5.H2O/c1-9-15(12(19)8-17(9)2)23-22-13-6-5-11(18(20)21)10-4-3-7-16-14(10)13;/h3-7H,8H2,1-2H3;1H2. The van der Waals surface area contributed by atoms with Crippen molar-refractivity contribution >= 4 is 22.4 Å². The van der Waals surface area contributed by atoms with Gasteiger partial charge in [0.2, 0.25) is 17.3 Å². The van der Waals surface area contributed by atoms with Gasteiger partial charge in [0, 0.05) is 19.3 Å². The van der Waals surface area contributed by atoms with E-state index in [1.807, 2.05) is 0 Å². The average Bonchev–Trinajstić information content (AvgIpc) is 2.77. The van der Waals surface area contributed by atoms with Gasteiger partial charge in [0.1, 0.15) is 5.52 Å². The third-order valence-electron chi connectivity index (χ3n) is 3.66. The smallest absolute Gasteiger partial charge is 0.279 e. The first-order chi connectivity index (χ1) is 11.0. The molecule has 2 heterocycles. The highest BCUT2D eigenvalue weighted by Gasteiger charge is 2.28. The number of ketones is 1. The van der Waals surface area contributed by atoms with E-state index in [9.17, 15) is 14.9 Å². The van der Waals surface area contributed by atoms with E-state index in [-0.39, 0.29) is 35.0 Å². The predicted octanol–water partition coefficient (Wildman–Crippen LogP) is 1.37. The zero-order valence-corrected chi connectivity index (χ0v) is 13.0. The van der Waals surface area contributed by atoms with Crippen molar-refractivity contribution in [2.75, 3.05) is 13.6 Å². The number of Topliss-reactive ketones (excluding diaryl/α,β-unsaturated/α-hetero) is 1. The number of carbonyl (C=O) groups is 1. The van der Waals surface area contributed by atoms with Gasteiger partial charge >= 0.3 is 0 Å². The lowest BCUT2D eigenvalue weighted by Crippen LogP contribution is -2.15. The summed E-state index contributed by atoms with van der Waals surface area (Å²) in [5.74, 6) is 0.132. The molecular weight excluding hydrogens is 318 g/mol. The van der Waals surface area contributed by atoms with Crippen LogP contribution in [0.4, 0.5) is 5.69 Å². The fraction of sp³-hybridized carbons (Fsp3) is 0.200. The summed E-state index contributed by atoms with van der Waals surface area (Å²) in [6, 6.07) is 5.88. The summed E-state index contributed by atoms with van der Waals surface area (Å²) in [4.78, 5) is 38.6. The second-order valence-corrected chi connectivity index (χ2v) is 5.10. The Hall–Kier alpha value is -3.20. The van der Waals surface area contributed by atoms with E-state index in [4.69, 9.17) is 9.78 Å². The molecule has 0 atom stereocenters. The molecule has 0 saturated carbocycles. The molecule has 0 fully saturated rings. The number of benzene rings is 1. The lowest BCUT2D eigenvalue weighted by atomic mass is 10.2. The molecule has 2 aromatic rings. The molecule has 1 aliphatic rings. The SMILES string of the molecule is CC1=C(OOc2ccc([N+](=O)[O-])c3cccnc23)C(=O)CN1C.O. The van der Waals surface area contributed by atoms with Gasteiger partial charge in [-0.05, 0) is 25.1 Å². The van der Waals surface area contributed by atoms with Crippen LogP contribution in [-0.2, 0) is 9.68 Å². The van der Waals surface area contributed by atoms with Crippen LogP contribution in [0.1, 0.15) is 6.92 Å². The molecule has 0 unspecified atom stereocenters. The van der Waals surface area contributed by atoms with Crippen LogP contribution in [-0.4, -0.2) is 39.7 Å². The predicted molar refractivity (Wildman–Crippen MR) is 84.1 cm³/mol. The van der Waals surface area contributed by atoms with E-state index in [0.29, 0.717) is 16.6 Å². The second-order valence-electron chi connectivity index (χ2n) is 5.10. The first-order valence-corrected chi connectivity index (χ1v) is 6.81. The minimum Gasteiger partial charge on any atom is -0.412 e. The van der Waals surface area contributed by atoms with Gasteiger partial charge in [-0.1, -0.05) is 0 Å². The van der Waals surface area contributed by atoms with E-state index in [0.717, 1.165) is 0 Å². The monoisotopic (exact) mass is 333 g/mol. The molecule has 0 bridgehead atoms. The van der Waals surface area contributed by atoms with Crippen LogP contribution in [0.15, 0.2) is 41.9 Å².